The van der Waals surface area contributed by atoms with Gasteiger partial charge in [0, 0.05) is 15.0 Å². The number of amides is 2. The third-order valence-corrected chi connectivity index (χ3v) is 1.31. The first kappa shape index (κ1) is 12.5. The van der Waals surface area contributed by atoms with Crippen molar-refractivity contribution in [3.8, 4) is 0 Å². The molecule has 0 atom stereocenters. The fourth-order valence-corrected chi connectivity index (χ4v) is 0.655. The highest BCUT2D eigenvalue weighted by molar-refractivity contribution is 5.86. The molecule has 0 aromatic rings. The van der Waals surface area contributed by atoms with E-state index < -0.39 is 5.97 Å². The number of nitrogens with one attached hydrogen (secondary N) is 2. The number of hydrogen-bond acceptors (Lipinski definition) is 3. The van der Waals surface area contributed by atoms with Gasteiger partial charge in [-0.15, -0.1) is 0 Å². The molecule has 0 bridgehead atoms. The molecule has 14 heavy (non-hydrogen) atoms. The maximum Gasteiger partial charge on any atom is 0.333 e. The van der Waals surface area contributed by atoms with Gasteiger partial charge in [0.1, 0.15) is 6.61 Å². The summed E-state index contributed by atoms with van der Waals surface area (Å²) in [5.41, 5.74) is 0.350. The summed E-state index contributed by atoms with van der Waals surface area (Å²) in [6, 6.07) is -0.265. The summed E-state index contributed by atoms with van der Waals surface area (Å²) in [5, 5.41) is 5.07. The van der Waals surface area contributed by atoms with Gasteiger partial charge in [0.25, 0.3) is 0 Å². The lowest BCUT2D eigenvalue weighted by Gasteiger charge is -2.06. The summed E-state index contributed by atoms with van der Waals surface area (Å²) >= 11 is 0. The van der Waals surface area contributed by atoms with Crippen molar-refractivity contribution >= 4 is 12.0 Å². The molecule has 0 rings (SSSR count). The zero-order valence-corrected chi connectivity index (χ0v) is 8.55. The molecule has 0 spiro atoms. The normalized spacial score (nSPS) is 9.00. The first-order chi connectivity index (χ1) is 6.57. The van der Waals surface area contributed by atoms with Crippen LogP contribution in [0.2, 0.25) is 0 Å². The minimum absolute atomic E-state index is 0. The quantitative estimate of drug-likeness (QED) is 0.397. The Morgan fingerprint density at radius 2 is 2.07 bits per heavy atom. The smallest absolute Gasteiger partial charge is 0.333 e. The van der Waals surface area contributed by atoms with E-state index in [-0.39, 0.29) is 15.5 Å². The van der Waals surface area contributed by atoms with Crippen LogP contribution < -0.4 is 10.6 Å². The van der Waals surface area contributed by atoms with Crippen LogP contribution in [0.3, 0.4) is 0 Å². The van der Waals surface area contributed by atoms with Gasteiger partial charge in [0.05, 0.1) is 6.54 Å². The third-order valence-electron chi connectivity index (χ3n) is 1.31. The Morgan fingerprint density at radius 1 is 1.43 bits per heavy atom. The number of ether oxygens (including phenoxy) is 1. The van der Waals surface area contributed by atoms with Crippen LogP contribution in [0, 0.1) is 0 Å². The van der Waals surface area contributed by atoms with Gasteiger partial charge in [-0.05, 0) is 13.8 Å². The third kappa shape index (κ3) is 6.05. The van der Waals surface area contributed by atoms with Crippen LogP contribution in [-0.2, 0) is 9.53 Å². The molecule has 2 amide bonds. The van der Waals surface area contributed by atoms with Crippen LogP contribution in [0.4, 0.5) is 4.79 Å². The molecule has 0 saturated carbocycles. The molecule has 0 fully saturated rings. The molecule has 5 heteroatoms. The van der Waals surface area contributed by atoms with E-state index in [2.05, 4.69) is 17.2 Å². The second kappa shape index (κ2) is 6.94. The Hall–Kier alpha value is -1.52. The molecule has 0 saturated heterocycles. The van der Waals surface area contributed by atoms with E-state index >= 15 is 0 Å². The van der Waals surface area contributed by atoms with E-state index in [0.717, 1.165) is 0 Å². The summed E-state index contributed by atoms with van der Waals surface area (Å²) < 4.78 is 4.75. The largest absolute Gasteiger partial charge is 0.460 e. The fraction of sp³-hybridized carbons (Fsp3) is 0.556. The van der Waals surface area contributed by atoms with Gasteiger partial charge in [0.2, 0.25) is 0 Å². The highest BCUT2D eigenvalue weighted by Gasteiger charge is 2.02. The summed E-state index contributed by atoms with van der Waals surface area (Å²) in [7, 11) is 0. The molecule has 84 valence electrons. The molecular weight excluding hydrogens is 184 g/mol. The summed E-state index contributed by atoms with van der Waals surface area (Å²) in [6.45, 7) is 7.83. The maximum absolute atomic E-state index is 10.9. The number of carbonyl (C=O) groups is 2. The second-order valence-corrected chi connectivity index (χ2v) is 2.70. The molecule has 2 N–H and O–H groups in total. The van der Waals surface area contributed by atoms with E-state index in [4.69, 9.17) is 4.74 Å². The number of carbonyl (C=O) groups excluding carboxylic acids is 2. The molecule has 5 nitrogen and oxygen atoms in total. The standard InChI is InChI=1S/C9H16N2O3.2H2/c1-4-10-9(13)11-5-6-14-8(12)7(2)3;;/h2,4-6H2,1,3H3,(H2,10,11,13);2*1H. The molecular formula is C9H20N2O3. The Balaban J connectivity index is -0.000000845. The fourth-order valence-electron chi connectivity index (χ4n) is 0.655. The van der Waals surface area contributed by atoms with Gasteiger partial charge >= 0.3 is 12.0 Å². The molecule has 0 heterocycles. The van der Waals surface area contributed by atoms with Crippen molar-refractivity contribution in [2.24, 2.45) is 0 Å². The van der Waals surface area contributed by atoms with Crippen LogP contribution in [0.25, 0.3) is 0 Å². The average Bonchev–Trinajstić information content (AvgIpc) is 2.12. The Morgan fingerprint density at radius 3 is 2.57 bits per heavy atom. The van der Waals surface area contributed by atoms with Crippen LogP contribution in [0.5, 0.6) is 0 Å². The summed E-state index contributed by atoms with van der Waals surface area (Å²) in [5.74, 6) is -0.442. The van der Waals surface area contributed by atoms with Crippen molar-refractivity contribution in [1.82, 2.24) is 10.6 Å². The molecule has 0 aromatic carbocycles. The Labute approximate surface area is 86.5 Å². The van der Waals surface area contributed by atoms with E-state index in [1.54, 1.807) is 6.92 Å². The maximum atomic E-state index is 10.9. The predicted molar refractivity (Wildman–Crippen MR) is 57.1 cm³/mol. The second-order valence-electron chi connectivity index (χ2n) is 2.70. The highest BCUT2D eigenvalue weighted by Crippen LogP contribution is 1.90. The minimum atomic E-state index is -0.442. The number of esters is 1. The van der Waals surface area contributed by atoms with Crippen LogP contribution >= 0.6 is 0 Å². The zero-order valence-electron chi connectivity index (χ0n) is 8.55. The van der Waals surface area contributed by atoms with Crippen molar-refractivity contribution in [3.05, 3.63) is 12.2 Å². The topological polar surface area (TPSA) is 67.4 Å². The van der Waals surface area contributed by atoms with Crippen molar-refractivity contribution < 1.29 is 17.2 Å². The molecule has 0 aliphatic carbocycles. The van der Waals surface area contributed by atoms with Crippen molar-refractivity contribution in [2.75, 3.05) is 19.7 Å². The molecule has 0 radical (unpaired) electrons. The number of hydrogen-bond donors (Lipinski definition) is 2. The van der Waals surface area contributed by atoms with Gasteiger partial charge < -0.3 is 15.4 Å². The first-order valence-corrected chi connectivity index (χ1v) is 4.42. The average molecular weight is 204 g/mol. The molecule has 0 unspecified atom stereocenters. The number of rotatable bonds is 5. The van der Waals surface area contributed by atoms with E-state index in [1.807, 2.05) is 6.92 Å². The lowest BCUT2D eigenvalue weighted by atomic mass is 10.4. The van der Waals surface area contributed by atoms with Crippen LogP contribution in [0.15, 0.2) is 12.2 Å². The Bertz CT molecular complexity index is 235. The summed E-state index contributed by atoms with van der Waals surface area (Å²) in [6.07, 6.45) is 0. The summed E-state index contributed by atoms with van der Waals surface area (Å²) in [4.78, 5) is 21.7. The van der Waals surface area contributed by atoms with Gasteiger partial charge in [-0.3, -0.25) is 0 Å². The van der Waals surface area contributed by atoms with Gasteiger partial charge in [-0.2, -0.15) is 0 Å². The number of urea groups is 1. The van der Waals surface area contributed by atoms with Gasteiger partial charge in [-0.1, -0.05) is 6.58 Å². The first-order valence-electron chi connectivity index (χ1n) is 4.42. The van der Waals surface area contributed by atoms with Crippen LogP contribution in [0.1, 0.15) is 16.7 Å². The SMILES string of the molecule is C=C(C)C(=O)OCCNC(=O)NCC.[HH].[HH]. The highest BCUT2D eigenvalue weighted by atomic mass is 16.5. The molecule has 0 aliphatic heterocycles. The van der Waals surface area contributed by atoms with E-state index in [1.165, 1.54) is 0 Å². The zero-order chi connectivity index (χ0) is 11.0. The molecule has 0 aliphatic rings. The van der Waals surface area contributed by atoms with Crippen molar-refractivity contribution in [2.45, 2.75) is 13.8 Å². The lowest BCUT2D eigenvalue weighted by Crippen LogP contribution is -2.37. The van der Waals surface area contributed by atoms with Crippen molar-refractivity contribution in [3.63, 3.8) is 0 Å². The van der Waals surface area contributed by atoms with Gasteiger partial charge in [-0.25, -0.2) is 9.59 Å². The molecule has 0 aromatic heterocycles. The minimum Gasteiger partial charge on any atom is -0.460 e. The predicted octanol–water partition coefficient (Wildman–Crippen LogP) is 0.917. The van der Waals surface area contributed by atoms with E-state index in [9.17, 15) is 9.59 Å². The Kier molecular flexibility index (Phi) is 6.19. The van der Waals surface area contributed by atoms with E-state index in [0.29, 0.717) is 18.7 Å². The van der Waals surface area contributed by atoms with Crippen LogP contribution in [-0.4, -0.2) is 31.7 Å². The van der Waals surface area contributed by atoms with Gasteiger partial charge in [0.15, 0.2) is 0 Å². The monoisotopic (exact) mass is 204 g/mol. The lowest BCUT2D eigenvalue weighted by molar-refractivity contribution is -0.138. The van der Waals surface area contributed by atoms with Crippen molar-refractivity contribution in [1.29, 1.82) is 0 Å².